The van der Waals surface area contributed by atoms with E-state index in [9.17, 15) is 9.18 Å². The second kappa shape index (κ2) is 6.95. The van der Waals surface area contributed by atoms with Crippen molar-refractivity contribution in [1.82, 2.24) is 10.3 Å². The van der Waals surface area contributed by atoms with Gasteiger partial charge in [0.25, 0.3) is 5.91 Å². The van der Waals surface area contributed by atoms with Crippen LogP contribution in [0.4, 0.5) is 4.39 Å². The van der Waals surface area contributed by atoms with Crippen molar-refractivity contribution < 1.29 is 18.7 Å². The average Bonchev–Trinajstić information content (AvgIpc) is 3.04. The maximum absolute atomic E-state index is 13.7. The van der Waals surface area contributed by atoms with Crippen LogP contribution in [0.1, 0.15) is 28.0 Å². The molecule has 0 saturated heterocycles. The van der Waals surface area contributed by atoms with Crippen molar-refractivity contribution in [1.29, 1.82) is 0 Å². The average molecular weight is 368 g/mol. The van der Waals surface area contributed by atoms with Gasteiger partial charge in [-0.05, 0) is 55.2 Å². The van der Waals surface area contributed by atoms with Crippen LogP contribution < -0.4 is 14.8 Å². The number of hydrogen-bond donors (Lipinski definition) is 2. The molecule has 1 atom stereocenters. The maximum atomic E-state index is 13.7. The number of amides is 1. The van der Waals surface area contributed by atoms with E-state index in [1.165, 1.54) is 20.3 Å². The summed E-state index contributed by atoms with van der Waals surface area (Å²) in [4.78, 5) is 16.3. The number of nitrogens with one attached hydrogen (secondary N) is 2. The number of halogens is 1. The molecular formula is C21H21FN2O3. The van der Waals surface area contributed by atoms with Crippen LogP contribution in [0.15, 0.2) is 36.4 Å². The minimum atomic E-state index is -0.255. The van der Waals surface area contributed by atoms with Crippen LogP contribution in [-0.4, -0.2) is 31.2 Å². The van der Waals surface area contributed by atoms with Crippen LogP contribution >= 0.6 is 0 Å². The molecule has 1 amide bonds. The number of H-pyrrole nitrogens is 1. The smallest absolute Gasteiger partial charge is 0.259 e. The monoisotopic (exact) mass is 368 g/mol. The van der Waals surface area contributed by atoms with E-state index >= 15 is 0 Å². The summed E-state index contributed by atoms with van der Waals surface area (Å²) in [5.74, 6) is 0.452. The van der Waals surface area contributed by atoms with Crippen LogP contribution in [0.25, 0.3) is 10.9 Å². The molecule has 0 spiro atoms. The SMILES string of the molecule is COc1cccc(OC)c1C(=O)NC1CCc2[nH]c3ccc(F)cc3c2C1. The first kappa shape index (κ1) is 17.4. The summed E-state index contributed by atoms with van der Waals surface area (Å²) in [6, 6.07) is 9.98. The number of aromatic amines is 1. The molecule has 0 fully saturated rings. The van der Waals surface area contributed by atoms with E-state index in [0.717, 1.165) is 35.0 Å². The van der Waals surface area contributed by atoms with Gasteiger partial charge in [0.15, 0.2) is 0 Å². The topological polar surface area (TPSA) is 63.4 Å². The number of methoxy groups -OCH3 is 2. The fourth-order valence-corrected chi connectivity index (χ4v) is 3.85. The van der Waals surface area contributed by atoms with E-state index in [4.69, 9.17) is 9.47 Å². The summed E-state index contributed by atoms with van der Waals surface area (Å²) in [6.45, 7) is 0. The van der Waals surface area contributed by atoms with Gasteiger partial charge in [-0.3, -0.25) is 4.79 Å². The summed E-state index contributed by atoms with van der Waals surface area (Å²) in [5.41, 5.74) is 3.52. The van der Waals surface area contributed by atoms with Crippen molar-refractivity contribution in [3.05, 3.63) is 59.0 Å². The van der Waals surface area contributed by atoms with Crippen molar-refractivity contribution in [3.63, 3.8) is 0 Å². The number of fused-ring (bicyclic) bond motifs is 3. The van der Waals surface area contributed by atoms with Crippen molar-refractivity contribution in [2.75, 3.05) is 14.2 Å². The van der Waals surface area contributed by atoms with Gasteiger partial charge in [0.2, 0.25) is 0 Å². The molecule has 0 bridgehead atoms. The van der Waals surface area contributed by atoms with Crippen LogP contribution in [0, 0.1) is 5.82 Å². The Morgan fingerprint density at radius 3 is 2.63 bits per heavy atom. The van der Waals surface area contributed by atoms with Gasteiger partial charge in [-0.2, -0.15) is 0 Å². The van der Waals surface area contributed by atoms with Gasteiger partial charge in [-0.25, -0.2) is 4.39 Å². The Labute approximate surface area is 156 Å². The van der Waals surface area contributed by atoms with E-state index in [-0.39, 0.29) is 17.8 Å². The summed E-state index contributed by atoms with van der Waals surface area (Å²) >= 11 is 0. The number of aromatic nitrogens is 1. The molecule has 1 aliphatic rings. The van der Waals surface area contributed by atoms with Crippen molar-refractivity contribution in [3.8, 4) is 11.5 Å². The number of carbonyl (C=O) groups is 1. The number of benzene rings is 2. The van der Waals surface area contributed by atoms with Crippen molar-refractivity contribution in [2.24, 2.45) is 0 Å². The van der Waals surface area contributed by atoms with E-state index in [1.54, 1.807) is 30.3 Å². The van der Waals surface area contributed by atoms with Gasteiger partial charge < -0.3 is 19.8 Å². The predicted octanol–water partition coefficient (Wildman–Crippen LogP) is 3.61. The van der Waals surface area contributed by atoms with E-state index < -0.39 is 0 Å². The highest BCUT2D eigenvalue weighted by molar-refractivity contribution is 6.00. The Hall–Kier alpha value is -3.02. The van der Waals surface area contributed by atoms with Crippen LogP contribution in [0.3, 0.4) is 0 Å². The molecule has 3 aromatic rings. The second-order valence-corrected chi connectivity index (χ2v) is 6.72. The molecule has 5 nitrogen and oxygen atoms in total. The Balaban J connectivity index is 1.60. The second-order valence-electron chi connectivity index (χ2n) is 6.72. The molecular weight excluding hydrogens is 347 g/mol. The lowest BCUT2D eigenvalue weighted by Gasteiger charge is -2.24. The number of hydrogen-bond acceptors (Lipinski definition) is 3. The maximum Gasteiger partial charge on any atom is 0.259 e. The molecule has 1 aromatic heterocycles. The summed E-state index contributed by atoms with van der Waals surface area (Å²) in [6.07, 6.45) is 2.27. The van der Waals surface area contributed by atoms with Gasteiger partial charge in [0.05, 0.1) is 14.2 Å². The first-order chi connectivity index (χ1) is 13.1. The summed E-state index contributed by atoms with van der Waals surface area (Å²) < 4.78 is 24.3. The molecule has 2 N–H and O–H groups in total. The Morgan fingerprint density at radius 2 is 1.93 bits per heavy atom. The largest absolute Gasteiger partial charge is 0.496 e. The molecule has 0 radical (unpaired) electrons. The molecule has 27 heavy (non-hydrogen) atoms. The highest BCUT2D eigenvalue weighted by atomic mass is 19.1. The third-order valence-electron chi connectivity index (χ3n) is 5.14. The summed E-state index contributed by atoms with van der Waals surface area (Å²) in [5, 5.41) is 3.98. The summed E-state index contributed by atoms with van der Waals surface area (Å²) in [7, 11) is 3.05. The van der Waals surface area contributed by atoms with E-state index in [2.05, 4.69) is 10.3 Å². The number of carbonyl (C=O) groups excluding carboxylic acids is 1. The molecule has 0 aliphatic heterocycles. The lowest BCUT2D eigenvalue weighted by Crippen LogP contribution is -2.39. The van der Waals surface area contributed by atoms with Gasteiger partial charge in [-0.15, -0.1) is 0 Å². The number of aryl methyl sites for hydroxylation is 1. The molecule has 4 rings (SSSR count). The normalized spacial score (nSPS) is 16.0. The quantitative estimate of drug-likeness (QED) is 0.739. The van der Waals surface area contributed by atoms with E-state index in [0.29, 0.717) is 23.5 Å². The van der Waals surface area contributed by atoms with Gasteiger partial charge >= 0.3 is 0 Å². The number of ether oxygens (including phenoxy) is 2. The minimum absolute atomic E-state index is 0.0399. The van der Waals surface area contributed by atoms with Crippen molar-refractivity contribution in [2.45, 2.75) is 25.3 Å². The zero-order chi connectivity index (χ0) is 19.0. The van der Waals surface area contributed by atoms with Gasteiger partial charge in [0, 0.05) is 22.6 Å². The van der Waals surface area contributed by atoms with Gasteiger partial charge in [0.1, 0.15) is 22.9 Å². The van der Waals surface area contributed by atoms with Crippen LogP contribution in [-0.2, 0) is 12.8 Å². The zero-order valence-corrected chi connectivity index (χ0v) is 15.3. The minimum Gasteiger partial charge on any atom is -0.496 e. The third kappa shape index (κ3) is 3.12. The highest BCUT2D eigenvalue weighted by Gasteiger charge is 2.26. The molecule has 2 aromatic carbocycles. The fourth-order valence-electron chi connectivity index (χ4n) is 3.85. The molecule has 1 unspecified atom stereocenters. The van der Waals surface area contributed by atoms with Gasteiger partial charge in [-0.1, -0.05) is 6.07 Å². The molecule has 0 saturated carbocycles. The van der Waals surface area contributed by atoms with Crippen LogP contribution in [0.5, 0.6) is 11.5 Å². The molecule has 140 valence electrons. The lowest BCUT2D eigenvalue weighted by atomic mass is 9.91. The highest BCUT2D eigenvalue weighted by Crippen LogP contribution is 2.31. The Kier molecular flexibility index (Phi) is 4.48. The molecule has 1 aliphatic carbocycles. The van der Waals surface area contributed by atoms with Crippen molar-refractivity contribution >= 4 is 16.8 Å². The van der Waals surface area contributed by atoms with E-state index in [1.807, 2.05) is 0 Å². The standard InChI is InChI=1S/C21H21FN2O3/c1-26-18-4-3-5-19(27-2)20(18)21(25)23-13-7-9-17-15(11-13)14-10-12(22)6-8-16(14)24-17/h3-6,8,10,13,24H,7,9,11H2,1-2H3,(H,23,25). The van der Waals surface area contributed by atoms with Crippen LogP contribution in [0.2, 0.25) is 0 Å². The first-order valence-electron chi connectivity index (χ1n) is 8.91. The lowest BCUT2D eigenvalue weighted by molar-refractivity contribution is 0.0927. The Bertz CT molecular complexity index is 990. The molecule has 1 heterocycles. The molecule has 6 heteroatoms. The zero-order valence-electron chi connectivity index (χ0n) is 15.3. The number of rotatable bonds is 4. The third-order valence-corrected chi connectivity index (χ3v) is 5.14. The Morgan fingerprint density at radius 1 is 1.19 bits per heavy atom. The fraction of sp³-hybridized carbons (Fsp3) is 0.286. The predicted molar refractivity (Wildman–Crippen MR) is 101 cm³/mol. The first-order valence-corrected chi connectivity index (χ1v) is 8.91.